The number of piperidine rings is 1. The summed E-state index contributed by atoms with van der Waals surface area (Å²) in [5.74, 6) is 5.63. The summed E-state index contributed by atoms with van der Waals surface area (Å²) in [7, 11) is 4.11. The zero-order valence-electron chi connectivity index (χ0n) is 13.3. The molecule has 0 aliphatic carbocycles. The van der Waals surface area contributed by atoms with Crippen LogP contribution in [0.5, 0.6) is 0 Å². The SMILES string of the molecule is CN1CCC(N(C)N)CC1.c1cc(-c2cnccn2)ccn1. The van der Waals surface area contributed by atoms with Crippen LogP contribution in [0.2, 0.25) is 0 Å². The molecule has 3 heterocycles. The fourth-order valence-corrected chi connectivity index (χ4v) is 2.37. The molecule has 1 fully saturated rings. The normalized spacial score (nSPS) is 16.2. The van der Waals surface area contributed by atoms with Gasteiger partial charge in [0.1, 0.15) is 0 Å². The lowest BCUT2D eigenvalue weighted by Gasteiger charge is -2.32. The Morgan fingerprint density at radius 2 is 1.77 bits per heavy atom. The van der Waals surface area contributed by atoms with Crippen LogP contribution in [0.1, 0.15) is 12.8 Å². The molecule has 0 atom stereocenters. The molecule has 0 unspecified atom stereocenters. The minimum absolute atomic E-state index is 0.608. The summed E-state index contributed by atoms with van der Waals surface area (Å²) in [6.45, 7) is 2.37. The third kappa shape index (κ3) is 5.14. The highest BCUT2D eigenvalue weighted by Gasteiger charge is 2.17. The van der Waals surface area contributed by atoms with Crippen LogP contribution in [0, 0.1) is 0 Å². The van der Waals surface area contributed by atoms with Gasteiger partial charge in [-0.25, -0.2) is 5.01 Å². The van der Waals surface area contributed by atoms with Gasteiger partial charge in [-0.3, -0.25) is 20.8 Å². The Morgan fingerprint density at radius 1 is 1.09 bits per heavy atom. The molecule has 0 spiro atoms. The first kappa shape index (κ1) is 16.5. The van der Waals surface area contributed by atoms with Crippen LogP contribution >= 0.6 is 0 Å². The van der Waals surface area contributed by atoms with Gasteiger partial charge < -0.3 is 4.90 Å². The van der Waals surface area contributed by atoms with E-state index in [0.717, 1.165) is 11.3 Å². The second kappa shape index (κ2) is 8.53. The molecule has 0 saturated carbocycles. The van der Waals surface area contributed by atoms with E-state index in [-0.39, 0.29) is 0 Å². The number of pyridine rings is 1. The standard InChI is InChI=1S/C9H7N3.C7H17N3/c1-3-10-4-2-8(1)9-7-11-5-6-12-9;1-9-5-3-7(4-6-9)10(2)8/h1-7H;7H,3-6,8H2,1-2H3. The van der Waals surface area contributed by atoms with E-state index >= 15 is 0 Å². The van der Waals surface area contributed by atoms with E-state index < -0.39 is 0 Å². The van der Waals surface area contributed by atoms with Gasteiger partial charge in [0.05, 0.1) is 11.9 Å². The van der Waals surface area contributed by atoms with Gasteiger partial charge in [-0.05, 0) is 45.1 Å². The van der Waals surface area contributed by atoms with Crippen molar-refractivity contribution < 1.29 is 0 Å². The second-order valence-corrected chi connectivity index (χ2v) is 5.53. The molecule has 2 aromatic rings. The van der Waals surface area contributed by atoms with Crippen LogP contribution in [0.4, 0.5) is 0 Å². The van der Waals surface area contributed by atoms with Crippen molar-refractivity contribution in [3.63, 3.8) is 0 Å². The van der Waals surface area contributed by atoms with Crippen molar-refractivity contribution in [1.29, 1.82) is 0 Å². The summed E-state index contributed by atoms with van der Waals surface area (Å²) < 4.78 is 0. The molecule has 0 aromatic carbocycles. The number of hydrogen-bond donors (Lipinski definition) is 1. The van der Waals surface area contributed by atoms with Crippen molar-refractivity contribution in [3.8, 4) is 11.3 Å². The lowest BCUT2D eigenvalue weighted by molar-refractivity contribution is 0.146. The van der Waals surface area contributed by atoms with E-state index in [1.165, 1.54) is 25.9 Å². The van der Waals surface area contributed by atoms with Crippen LogP contribution in [0.3, 0.4) is 0 Å². The Labute approximate surface area is 132 Å². The Morgan fingerprint density at radius 3 is 2.32 bits per heavy atom. The summed E-state index contributed by atoms with van der Waals surface area (Å²) in [6, 6.07) is 4.42. The zero-order valence-corrected chi connectivity index (χ0v) is 13.3. The van der Waals surface area contributed by atoms with E-state index in [0.29, 0.717) is 6.04 Å². The minimum Gasteiger partial charge on any atom is -0.306 e. The monoisotopic (exact) mass is 300 g/mol. The summed E-state index contributed by atoms with van der Waals surface area (Å²) in [5, 5.41) is 1.84. The second-order valence-electron chi connectivity index (χ2n) is 5.53. The third-order valence-corrected chi connectivity index (χ3v) is 3.80. The lowest BCUT2D eigenvalue weighted by atomic mass is 10.1. The topological polar surface area (TPSA) is 71.2 Å². The summed E-state index contributed by atoms with van der Waals surface area (Å²) >= 11 is 0. The Hall–Kier alpha value is -1.89. The number of rotatable bonds is 2. The van der Waals surface area contributed by atoms with Crippen molar-refractivity contribution in [3.05, 3.63) is 43.1 Å². The molecule has 1 saturated heterocycles. The van der Waals surface area contributed by atoms with Crippen LogP contribution in [-0.4, -0.2) is 58.1 Å². The molecule has 2 aromatic heterocycles. The van der Waals surface area contributed by atoms with Crippen LogP contribution in [0.15, 0.2) is 43.1 Å². The maximum Gasteiger partial charge on any atom is 0.0886 e. The fraction of sp³-hybridized carbons (Fsp3) is 0.438. The first-order chi connectivity index (χ1) is 10.7. The van der Waals surface area contributed by atoms with E-state index in [1.807, 2.05) is 24.2 Å². The molecule has 118 valence electrons. The fourth-order valence-electron chi connectivity index (χ4n) is 2.37. The maximum absolute atomic E-state index is 5.63. The highest BCUT2D eigenvalue weighted by molar-refractivity contribution is 5.56. The summed E-state index contributed by atoms with van der Waals surface area (Å²) in [5.41, 5.74) is 1.91. The molecule has 0 radical (unpaired) electrons. The molecule has 1 aliphatic rings. The average Bonchev–Trinajstić information content (AvgIpc) is 2.57. The number of nitrogens with two attached hydrogens (primary N) is 1. The molecule has 0 bridgehead atoms. The van der Waals surface area contributed by atoms with Gasteiger partial charge >= 0.3 is 0 Å². The van der Waals surface area contributed by atoms with Crippen LogP contribution in [-0.2, 0) is 0 Å². The first-order valence-corrected chi connectivity index (χ1v) is 7.49. The Balaban J connectivity index is 0.000000164. The van der Waals surface area contributed by atoms with Crippen molar-refractivity contribution in [2.24, 2.45) is 5.84 Å². The smallest absolute Gasteiger partial charge is 0.0886 e. The Kier molecular flexibility index (Phi) is 6.39. The van der Waals surface area contributed by atoms with E-state index in [4.69, 9.17) is 5.84 Å². The molecule has 2 N–H and O–H groups in total. The number of hydrogen-bond acceptors (Lipinski definition) is 6. The van der Waals surface area contributed by atoms with Crippen molar-refractivity contribution >= 4 is 0 Å². The van der Waals surface area contributed by atoms with E-state index in [9.17, 15) is 0 Å². The van der Waals surface area contributed by atoms with E-state index in [2.05, 4.69) is 26.9 Å². The van der Waals surface area contributed by atoms with Gasteiger partial charge in [-0.1, -0.05) is 0 Å². The minimum atomic E-state index is 0.608. The largest absolute Gasteiger partial charge is 0.306 e. The van der Waals surface area contributed by atoms with Gasteiger partial charge in [0.25, 0.3) is 0 Å². The van der Waals surface area contributed by atoms with E-state index in [1.54, 1.807) is 31.0 Å². The first-order valence-electron chi connectivity index (χ1n) is 7.49. The van der Waals surface area contributed by atoms with Crippen LogP contribution in [0.25, 0.3) is 11.3 Å². The van der Waals surface area contributed by atoms with Gasteiger partial charge in [-0.2, -0.15) is 0 Å². The van der Waals surface area contributed by atoms with Gasteiger partial charge in [0.2, 0.25) is 0 Å². The molecule has 6 heteroatoms. The van der Waals surface area contributed by atoms with Gasteiger partial charge in [0.15, 0.2) is 0 Å². The van der Waals surface area contributed by atoms with Gasteiger partial charge in [-0.15, -0.1) is 0 Å². The predicted molar refractivity (Wildman–Crippen MR) is 87.7 cm³/mol. The molecular weight excluding hydrogens is 276 g/mol. The maximum atomic E-state index is 5.63. The van der Waals surface area contributed by atoms with Crippen molar-refractivity contribution in [2.75, 3.05) is 27.2 Å². The molecule has 3 rings (SSSR count). The number of hydrazine groups is 1. The molecule has 1 aliphatic heterocycles. The number of nitrogens with zero attached hydrogens (tertiary/aromatic N) is 5. The molecule has 0 amide bonds. The highest BCUT2D eigenvalue weighted by Crippen LogP contribution is 2.12. The average molecular weight is 300 g/mol. The zero-order chi connectivity index (χ0) is 15.8. The quantitative estimate of drug-likeness (QED) is 0.668. The van der Waals surface area contributed by atoms with Crippen molar-refractivity contribution in [2.45, 2.75) is 18.9 Å². The predicted octanol–water partition coefficient (Wildman–Crippen LogP) is 1.42. The van der Waals surface area contributed by atoms with Gasteiger partial charge in [0, 0.05) is 43.4 Å². The third-order valence-electron chi connectivity index (χ3n) is 3.80. The number of aromatic nitrogens is 3. The highest BCUT2D eigenvalue weighted by atomic mass is 15.4. The summed E-state index contributed by atoms with van der Waals surface area (Å²) in [6.07, 6.45) is 11.0. The summed E-state index contributed by atoms with van der Waals surface area (Å²) in [4.78, 5) is 14.4. The van der Waals surface area contributed by atoms with Crippen molar-refractivity contribution in [1.82, 2.24) is 24.9 Å². The molecule has 22 heavy (non-hydrogen) atoms. The molecular formula is C16H24N6. The Bertz CT molecular complexity index is 485. The number of likely N-dealkylation sites (tertiary alicyclic amines) is 1. The lowest BCUT2D eigenvalue weighted by Crippen LogP contribution is -2.44. The van der Waals surface area contributed by atoms with Crippen LogP contribution < -0.4 is 5.84 Å². The molecule has 6 nitrogen and oxygen atoms in total.